The molecule has 2 aromatic rings. The maximum Gasteiger partial charge on any atom is 0.0772 e. The molecule has 1 aromatic heterocycles. The SMILES string of the molecule is C[Si](C)(C)C1=CCc2cc3ccccc3n2C=C1. The predicted molar refractivity (Wildman–Crippen MR) is 82.4 cm³/mol. The molecular weight excluding hydrogens is 234 g/mol. The molecule has 1 aliphatic heterocycles. The number of fused-ring (bicyclic) bond motifs is 3. The minimum Gasteiger partial charge on any atom is -0.320 e. The van der Waals surface area contributed by atoms with Gasteiger partial charge in [-0.3, -0.25) is 0 Å². The highest BCUT2D eigenvalue weighted by molar-refractivity contribution is 6.83. The summed E-state index contributed by atoms with van der Waals surface area (Å²) in [5.41, 5.74) is 2.70. The third kappa shape index (κ3) is 1.87. The molecular formula is C16H19NSi. The smallest absolute Gasteiger partial charge is 0.0772 e. The van der Waals surface area contributed by atoms with Crippen molar-refractivity contribution in [3.8, 4) is 0 Å². The van der Waals surface area contributed by atoms with Crippen molar-refractivity contribution in [3.05, 3.63) is 53.4 Å². The molecule has 2 heterocycles. The lowest BCUT2D eigenvalue weighted by Crippen LogP contribution is -2.22. The molecule has 0 radical (unpaired) electrons. The Morgan fingerprint density at radius 2 is 1.89 bits per heavy atom. The first kappa shape index (κ1) is 11.5. The molecule has 0 unspecified atom stereocenters. The summed E-state index contributed by atoms with van der Waals surface area (Å²) >= 11 is 0. The molecule has 1 aromatic carbocycles. The van der Waals surface area contributed by atoms with E-state index in [9.17, 15) is 0 Å². The van der Waals surface area contributed by atoms with Crippen LogP contribution in [0.4, 0.5) is 0 Å². The van der Waals surface area contributed by atoms with Gasteiger partial charge in [0, 0.05) is 23.7 Å². The van der Waals surface area contributed by atoms with Crippen molar-refractivity contribution in [2.75, 3.05) is 0 Å². The van der Waals surface area contributed by atoms with Gasteiger partial charge in [0.1, 0.15) is 0 Å². The van der Waals surface area contributed by atoms with E-state index in [1.165, 1.54) is 16.6 Å². The average molecular weight is 253 g/mol. The Kier molecular flexibility index (Phi) is 2.56. The summed E-state index contributed by atoms with van der Waals surface area (Å²) in [4.78, 5) is 0. The van der Waals surface area contributed by atoms with E-state index in [0.29, 0.717) is 0 Å². The van der Waals surface area contributed by atoms with Gasteiger partial charge in [-0.25, -0.2) is 0 Å². The lowest BCUT2D eigenvalue weighted by Gasteiger charge is -2.16. The molecule has 0 amide bonds. The second-order valence-electron chi connectivity index (χ2n) is 5.99. The van der Waals surface area contributed by atoms with Crippen molar-refractivity contribution in [3.63, 3.8) is 0 Å². The Hall–Kier alpha value is -1.54. The number of benzene rings is 1. The molecule has 0 fully saturated rings. The van der Waals surface area contributed by atoms with E-state index in [0.717, 1.165) is 6.42 Å². The Morgan fingerprint density at radius 1 is 1.11 bits per heavy atom. The van der Waals surface area contributed by atoms with E-state index in [4.69, 9.17) is 0 Å². The average Bonchev–Trinajstić information content (AvgIpc) is 2.52. The summed E-state index contributed by atoms with van der Waals surface area (Å²) in [6.07, 6.45) is 8.02. The van der Waals surface area contributed by atoms with Gasteiger partial charge in [0.2, 0.25) is 0 Å². The number of hydrogen-bond acceptors (Lipinski definition) is 0. The number of para-hydroxylation sites is 1. The Labute approximate surface area is 109 Å². The van der Waals surface area contributed by atoms with Gasteiger partial charge >= 0.3 is 0 Å². The molecule has 2 heteroatoms. The van der Waals surface area contributed by atoms with Gasteiger partial charge in [0.05, 0.1) is 13.6 Å². The highest BCUT2D eigenvalue weighted by Crippen LogP contribution is 2.26. The fourth-order valence-corrected chi connectivity index (χ4v) is 3.85. The zero-order valence-corrected chi connectivity index (χ0v) is 12.3. The minimum absolute atomic E-state index is 1.04. The molecule has 0 spiro atoms. The van der Waals surface area contributed by atoms with Gasteiger partial charge < -0.3 is 4.57 Å². The van der Waals surface area contributed by atoms with Gasteiger partial charge in [-0.1, -0.05) is 49.1 Å². The normalized spacial score (nSPS) is 15.4. The lowest BCUT2D eigenvalue weighted by atomic mass is 10.2. The molecule has 3 rings (SSSR count). The molecule has 0 aliphatic carbocycles. The zero-order chi connectivity index (χ0) is 12.8. The van der Waals surface area contributed by atoms with Gasteiger partial charge in [-0.15, -0.1) is 0 Å². The molecule has 18 heavy (non-hydrogen) atoms. The predicted octanol–water partition coefficient (Wildman–Crippen LogP) is 4.47. The molecule has 0 saturated heterocycles. The van der Waals surface area contributed by atoms with Crippen LogP contribution >= 0.6 is 0 Å². The van der Waals surface area contributed by atoms with Gasteiger partial charge in [-0.2, -0.15) is 0 Å². The lowest BCUT2D eigenvalue weighted by molar-refractivity contribution is 1.07. The van der Waals surface area contributed by atoms with Crippen LogP contribution < -0.4 is 0 Å². The van der Waals surface area contributed by atoms with Crippen LogP contribution in [0, 0.1) is 0 Å². The second-order valence-corrected chi connectivity index (χ2v) is 11.1. The van der Waals surface area contributed by atoms with E-state index in [1.54, 1.807) is 5.20 Å². The third-order valence-electron chi connectivity index (χ3n) is 3.63. The van der Waals surface area contributed by atoms with Gasteiger partial charge in [0.25, 0.3) is 0 Å². The number of hydrogen-bond donors (Lipinski definition) is 0. The first-order valence-corrected chi connectivity index (χ1v) is 10.0. The molecule has 0 N–H and O–H groups in total. The van der Waals surface area contributed by atoms with Crippen LogP contribution in [-0.2, 0) is 6.42 Å². The monoisotopic (exact) mass is 253 g/mol. The molecule has 1 aliphatic rings. The van der Waals surface area contributed by atoms with Crippen molar-refractivity contribution in [2.45, 2.75) is 26.1 Å². The van der Waals surface area contributed by atoms with Gasteiger partial charge in [0.15, 0.2) is 0 Å². The van der Waals surface area contributed by atoms with E-state index >= 15 is 0 Å². The molecule has 0 saturated carbocycles. The summed E-state index contributed by atoms with van der Waals surface area (Å²) in [6.45, 7) is 7.21. The van der Waals surface area contributed by atoms with Crippen LogP contribution in [0.3, 0.4) is 0 Å². The van der Waals surface area contributed by atoms with Crippen LogP contribution in [0.5, 0.6) is 0 Å². The fraction of sp³-hybridized carbons (Fsp3) is 0.250. The Bertz CT molecular complexity index is 653. The summed E-state index contributed by atoms with van der Waals surface area (Å²) < 4.78 is 2.33. The summed E-state index contributed by atoms with van der Waals surface area (Å²) in [6, 6.07) is 10.9. The topological polar surface area (TPSA) is 4.93 Å². The van der Waals surface area contributed by atoms with Crippen LogP contribution in [0.2, 0.25) is 19.6 Å². The van der Waals surface area contributed by atoms with Crippen molar-refractivity contribution in [2.24, 2.45) is 0 Å². The maximum absolute atomic E-state index is 2.42. The first-order valence-electron chi connectivity index (χ1n) is 6.53. The standard InChI is InChI=1S/C16H19NSi/c1-18(2,3)15-9-8-14-12-13-6-4-5-7-16(13)17(14)11-10-15/h4-7,9-12H,8H2,1-3H3. The van der Waals surface area contributed by atoms with Crippen LogP contribution in [0.15, 0.2) is 47.7 Å². The first-order chi connectivity index (χ1) is 8.55. The minimum atomic E-state index is -1.21. The van der Waals surface area contributed by atoms with Gasteiger partial charge in [-0.05, 0) is 18.2 Å². The summed E-state index contributed by atoms with van der Waals surface area (Å²) in [5.74, 6) is 0. The maximum atomic E-state index is 2.42. The molecule has 92 valence electrons. The van der Waals surface area contributed by atoms with Crippen LogP contribution in [0.25, 0.3) is 17.1 Å². The van der Waals surface area contributed by atoms with E-state index < -0.39 is 8.07 Å². The van der Waals surface area contributed by atoms with Crippen LogP contribution in [0.1, 0.15) is 5.69 Å². The fourth-order valence-electron chi connectivity index (χ4n) is 2.56. The third-order valence-corrected chi connectivity index (χ3v) is 5.73. The summed E-state index contributed by atoms with van der Waals surface area (Å²) in [7, 11) is -1.21. The van der Waals surface area contributed by atoms with E-state index in [2.05, 4.69) is 72.9 Å². The number of aromatic nitrogens is 1. The Balaban J connectivity index is 2.12. The van der Waals surface area contributed by atoms with Crippen molar-refractivity contribution in [1.29, 1.82) is 0 Å². The van der Waals surface area contributed by atoms with Crippen LogP contribution in [-0.4, -0.2) is 12.6 Å². The van der Waals surface area contributed by atoms with Crippen molar-refractivity contribution >= 4 is 25.2 Å². The highest BCUT2D eigenvalue weighted by atomic mass is 28.3. The molecule has 0 bridgehead atoms. The Morgan fingerprint density at radius 3 is 2.67 bits per heavy atom. The number of allylic oxidation sites excluding steroid dienone is 3. The number of rotatable bonds is 1. The largest absolute Gasteiger partial charge is 0.320 e. The zero-order valence-electron chi connectivity index (χ0n) is 11.3. The molecule has 1 nitrogen and oxygen atoms in total. The second kappa shape index (κ2) is 3.99. The summed E-state index contributed by atoms with van der Waals surface area (Å²) in [5, 5.41) is 2.89. The highest BCUT2D eigenvalue weighted by Gasteiger charge is 2.19. The van der Waals surface area contributed by atoms with Crippen molar-refractivity contribution in [1.82, 2.24) is 4.57 Å². The van der Waals surface area contributed by atoms with Crippen molar-refractivity contribution < 1.29 is 0 Å². The number of nitrogens with zero attached hydrogens (tertiary/aromatic N) is 1. The molecule has 0 atom stereocenters. The van der Waals surface area contributed by atoms with E-state index in [-0.39, 0.29) is 0 Å². The quantitative estimate of drug-likeness (QED) is 0.661. The van der Waals surface area contributed by atoms with E-state index in [1.807, 2.05) is 0 Å².